The number of urea groups is 1. The van der Waals surface area contributed by atoms with E-state index in [9.17, 15) is 14.4 Å². The predicted octanol–water partition coefficient (Wildman–Crippen LogP) is -0.133. The third kappa shape index (κ3) is 3.15. The Morgan fingerprint density at radius 2 is 1.79 bits per heavy atom. The zero-order chi connectivity index (χ0) is 13.8. The average molecular weight is 269 g/mol. The first-order valence-electron chi connectivity index (χ1n) is 6.64. The van der Waals surface area contributed by atoms with Crippen LogP contribution in [0.2, 0.25) is 0 Å². The first-order valence-corrected chi connectivity index (χ1v) is 6.64. The largest absolute Gasteiger partial charge is 0.480 e. The molecule has 2 heterocycles. The number of carbonyl (C=O) groups is 3. The second-order valence-electron chi connectivity index (χ2n) is 4.94. The molecular formula is C12H19N3O4. The summed E-state index contributed by atoms with van der Waals surface area (Å²) in [6.45, 7) is 1.87. The summed E-state index contributed by atoms with van der Waals surface area (Å²) in [6.07, 6.45) is 3.17. The topological polar surface area (TPSA) is 90.0 Å². The monoisotopic (exact) mass is 269 g/mol. The van der Waals surface area contributed by atoms with Gasteiger partial charge in [-0.2, -0.15) is 0 Å². The molecule has 3 amide bonds. The Morgan fingerprint density at radius 3 is 2.42 bits per heavy atom. The molecule has 0 aromatic heterocycles. The van der Waals surface area contributed by atoms with Crippen LogP contribution in [0, 0.1) is 0 Å². The Kier molecular flexibility index (Phi) is 4.24. The van der Waals surface area contributed by atoms with Crippen molar-refractivity contribution in [3.8, 4) is 0 Å². The Bertz CT molecular complexity index is 379. The fourth-order valence-corrected chi connectivity index (χ4v) is 2.60. The molecule has 0 aromatic rings. The summed E-state index contributed by atoms with van der Waals surface area (Å²) in [5, 5.41) is 11.5. The van der Waals surface area contributed by atoms with Crippen LogP contribution in [0.15, 0.2) is 0 Å². The highest BCUT2D eigenvalue weighted by Gasteiger charge is 2.34. The van der Waals surface area contributed by atoms with Crippen LogP contribution in [0.1, 0.15) is 25.7 Å². The molecule has 1 atom stereocenters. The molecule has 2 rings (SSSR count). The van der Waals surface area contributed by atoms with E-state index in [-0.39, 0.29) is 12.5 Å². The maximum Gasteiger partial charge on any atom is 0.326 e. The zero-order valence-electron chi connectivity index (χ0n) is 10.8. The number of nitrogens with one attached hydrogen (secondary N) is 1. The molecule has 0 saturated carbocycles. The first-order chi connectivity index (χ1) is 9.09. The van der Waals surface area contributed by atoms with Crippen LogP contribution < -0.4 is 5.32 Å². The Hall–Kier alpha value is -1.79. The molecule has 19 heavy (non-hydrogen) atoms. The fraction of sp³-hybridized carbons (Fsp3) is 0.750. The molecule has 0 bridgehead atoms. The number of rotatable bonds is 3. The van der Waals surface area contributed by atoms with Crippen molar-refractivity contribution in [2.75, 3.05) is 26.2 Å². The average Bonchev–Trinajstić information content (AvgIpc) is 3.04. The summed E-state index contributed by atoms with van der Waals surface area (Å²) < 4.78 is 0. The number of amides is 3. The van der Waals surface area contributed by atoms with E-state index in [0.717, 1.165) is 25.9 Å². The van der Waals surface area contributed by atoms with E-state index in [1.165, 1.54) is 4.90 Å². The van der Waals surface area contributed by atoms with Crippen LogP contribution in [-0.4, -0.2) is 65.0 Å². The Balaban J connectivity index is 1.80. The van der Waals surface area contributed by atoms with Crippen LogP contribution in [0.5, 0.6) is 0 Å². The smallest absolute Gasteiger partial charge is 0.326 e. The highest BCUT2D eigenvalue weighted by atomic mass is 16.4. The van der Waals surface area contributed by atoms with Crippen molar-refractivity contribution in [3.05, 3.63) is 0 Å². The maximum atomic E-state index is 11.9. The van der Waals surface area contributed by atoms with Crippen molar-refractivity contribution in [2.45, 2.75) is 31.7 Å². The van der Waals surface area contributed by atoms with Gasteiger partial charge in [0, 0.05) is 19.6 Å². The Labute approximate surface area is 111 Å². The van der Waals surface area contributed by atoms with Gasteiger partial charge in [0.1, 0.15) is 6.04 Å². The van der Waals surface area contributed by atoms with Crippen LogP contribution in [0.3, 0.4) is 0 Å². The molecule has 2 aliphatic rings. The van der Waals surface area contributed by atoms with Crippen molar-refractivity contribution in [1.29, 1.82) is 0 Å². The summed E-state index contributed by atoms with van der Waals surface area (Å²) in [4.78, 5) is 37.6. The van der Waals surface area contributed by atoms with Gasteiger partial charge in [0.15, 0.2) is 0 Å². The van der Waals surface area contributed by atoms with Gasteiger partial charge < -0.3 is 20.2 Å². The molecule has 7 heteroatoms. The quantitative estimate of drug-likeness (QED) is 0.746. The molecule has 1 unspecified atom stereocenters. The maximum absolute atomic E-state index is 11.9. The first kappa shape index (κ1) is 13.6. The van der Waals surface area contributed by atoms with Crippen LogP contribution in [-0.2, 0) is 9.59 Å². The Morgan fingerprint density at radius 1 is 1.11 bits per heavy atom. The molecule has 2 aliphatic heterocycles. The number of carboxylic acids is 1. The lowest BCUT2D eigenvalue weighted by molar-refractivity contribution is -0.141. The molecule has 106 valence electrons. The van der Waals surface area contributed by atoms with Crippen LogP contribution in [0.4, 0.5) is 4.79 Å². The minimum Gasteiger partial charge on any atom is -0.480 e. The highest BCUT2D eigenvalue weighted by molar-refractivity contribution is 5.87. The van der Waals surface area contributed by atoms with Crippen molar-refractivity contribution < 1.29 is 19.5 Å². The van der Waals surface area contributed by atoms with Gasteiger partial charge in [-0.3, -0.25) is 4.79 Å². The summed E-state index contributed by atoms with van der Waals surface area (Å²) in [5.74, 6) is -1.09. The number of hydrogen-bond acceptors (Lipinski definition) is 3. The van der Waals surface area contributed by atoms with E-state index >= 15 is 0 Å². The minimum absolute atomic E-state index is 0.0539. The SMILES string of the molecule is O=C(O)C1CCCN1C(=O)NCC(=O)N1CCCC1. The molecule has 0 radical (unpaired) electrons. The zero-order valence-corrected chi connectivity index (χ0v) is 10.8. The van der Waals surface area contributed by atoms with Gasteiger partial charge in [-0.25, -0.2) is 9.59 Å². The lowest BCUT2D eigenvalue weighted by Gasteiger charge is -2.22. The third-order valence-corrected chi connectivity index (χ3v) is 3.65. The lowest BCUT2D eigenvalue weighted by atomic mass is 10.2. The fourth-order valence-electron chi connectivity index (χ4n) is 2.60. The van der Waals surface area contributed by atoms with Crippen LogP contribution >= 0.6 is 0 Å². The van der Waals surface area contributed by atoms with Crippen molar-refractivity contribution in [2.24, 2.45) is 0 Å². The van der Waals surface area contributed by atoms with Gasteiger partial charge in [-0.15, -0.1) is 0 Å². The molecule has 0 aromatic carbocycles. The van der Waals surface area contributed by atoms with Gasteiger partial charge in [0.25, 0.3) is 0 Å². The summed E-state index contributed by atoms with van der Waals surface area (Å²) in [5.41, 5.74) is 0. The molecule has 2 N–H and O–H groups in total. The van der Waals surface area contributed by atoms with Gasteiger partial charge >= 0.3 is 12.0 Å². The van der Waals surface area contributed by atoms with Gasteiger partial charge in [0.05, 0.1) is 6.54 Å². The van der Waals surface area contributed by atoms with Gasteiger partial charge in [-0.05, 0) is 25.7 Å². The van der Waals surface area contributed by atoms with Gasteiger partial charge in [0.2, 0.25) is 5.91 Å². The summed E-state index contributed by atoms with van der Waals surface area (Å²) in [6, 6.07) is -1.22. The predicted molar refractivity (Wildman–Crippen MR) is 66.6 cm³/mol. The van der Waals surface area contributed by atoms with Crippen molar-refractivity contribution in [3.63, 3.8) is 0 Å². The van der Waals surface area contributed by atoms with E-state index in [1.807, 2.05) is 0 Å². The number of likely N-dealkylation sites (tertiary alicyclic amines) is 2. The third-order valence-electron chi connectivity index (χ3n) is 3.65. The van der Waals surface area contributed by atoms with Crippen molar-refractivity contribution in [1.82, 2.24) is 15.1 Å². The standard InChI is InChI=1S/C12H19N3O4/c16-10(14-5-1-2-6-14)8-13-12(19)15-7-3-4-9(15)11(17)18/h9H,1-8H2,(H,13,19)(H,17,18). The molecule has 2 fully saturated rings. The molecule has 2 saturated heterocycles. The minimum atomic E-state index is -0.987. The summed E-state index contributed by atoms with van der Waals surface area (Å²) >= 11 is 0. The van der Waals surface area contributed by atoms with E-state index in [4.69, 9.17) is 5.11 Å². The molecule has 0 spiro atoms. The number of hydrogen-bond donors (Lipinski definition) is 2. The van der Waals surface area contributed by atoms with Gasteiger partial charge in [-0.1, -0.05) is 0 Å². The van der Waals surface area contributed by atoms with E-state index in [0.29, 0.717) is 19.4 Å². The molecular weight excluding hydrogens is 250 g/mol. The number of aliphatic carboxylic acids is 1. The molecule has 7 nitrogen and oxygen atoms in total. The van der Waals surface area contributed by atoms with E-state index in [1.54, 1.807) is 4.90 Å². The normalized spacial score (nSPS) is 22.6. The number of carbonyl (C=O) groups excluding carboxylic acids is 2. The van der Waals surface area contributed by atoms with Crippen molar-refractivity contribution >= 4 is 17.9 Å². The second-order valence-corrected chi connectivity index (χ2v) is 4.94. The number of carboxylic acid groups (broad SMARTS) is 1. The number of nitrogens with zero attached hydrogens (tertiary/aromatic N) is 2. The lowest BCUT2D eigenvalue weighted by Crippen LogP contribution is -2.48. The molecule has 0 aliphatic carbocycles. The van der Waals surface area contributed by atoms with E-state index < -0.39 is 18.0 Å². The van der Waals surface area contributed by atoms with Crippen LogP contribution in [0.25, 0.3) is 0 Å². The second kappa shape index (κ2) is 5.90. The summed E-state index contributed by atoms with van der Waals surface area (Å²) in [7, 11) is 0. The van der Waals surface area contributed by atoms with E-state index in [2.05, 4.69) is 5.32 Å². The highest BCUT2D eigenvalue weighted by Crippen LogP contribution is 2.17.